The van der Waals surface area contributed by atoms with Crippen molar-refractivity contribution in [1.82, 2.24) is 0 Å². The lowest BCUT2D eigenvalue weighted by Crippen LogP contribution is -2.24. The Labute approximate surface area is 98.5 Å². The molecule has 4 heteroatoms. The van der Waals surface area contributed by atoms with E-state index < -0.39 is 0 Å². The molecule has 0 aromatic heterocycles. The Morgan fingerprint density at radius 2 is 1.94 bits per heavy atom. The fourth-order valence-electron chi connectivity index (χ4n) is 1.17. The van der Waals surface area contributed by atoms with E-state index in [1.165, 1.54) is 0 Å². The zero-order valence-electron chi connectivity index (χ0n) is 10.9. The molecule has 2 N–H and O–H groups in total. The van der Waals surface area contributed by atoms with Crippen molar-refractivity contribution in [1.29, 1.82) is 0 Å². The molecule has 0 aliphatic rings. The van der Waals surface area contributed by atoms with Crippen molar-refractivity contribution in [3.8, 4) is 0 Å². The van der Waals surface area contributed by atoms with Crippen LogP contribution in [0.2, 0.25) is 0 Å². The highest BCUT2D eigenvalue weighted by molar-refractivity contribution is 5.71. The lowest BCUT2D eigenvalue weighted by molar-refractivity contribution is -0.151. The Hall–Kier alpha value is -0.610. The summed E-state index contributed by atoms with van der Waals surface area (Å²) in [6.07, 6.45) is 1.64. The van der Waals surface area contributed by atoms with Crippen LogP contribution in [0.1, 0.15) is 40.5 Å². The number of nitrogens with two attached hydrogens (primary N) is 1. The summed E-state index contributed by atoms with van der Waals surface area (Å²) in [5.74, 6) is -0.232. The second-order valence-corrected chi connectivity index (χ2v) is 4.96. The van der Waals surface area contributed by atoms with Gasteiger partial charge in [0.25, 0.3) is 0 Å². The maximum absolute atomic E-state index is 11.5. The molecule has 16 heavy (non-hydrogen) atoms. The van der Waals surface area contributed by atoms with Crippen LogP contribution in [0.25, 0.3) is 0 Å². The molecule has 0 radical (unpaired) electrons. The van der Waals surface area contributed by atoms with Crippen LogP contribution in [0.3, 0.4) is 0 Å². The highest BCUT2D eigenvalue weighted by atomic mass is 16.6. The smallest absolute Gasteiger partial charge is 0.308 e. The highest BCUT2D eigenvalue weighted by Gasteiger charge is 2.14. The Bertz CT molecular complexity index is 199. The maximum atomic E-state index is 11.5. The number of rotatable bonds is 7. The van der Waals surface area contributed by atoms with Crippen LogP contribution in [0, 0.1) is 5.92 Å². The van der Waals surface area contributed by atoms with Crippen LogP contribution < -0.4 is 5.73 Å². The number of hydrogen-bond acceptors (Lipinski definition) is 4. The second kappa shape index (κ2) is 7.63. The lowest BCUT2D eigenvalue weighted by atomic mass is 10.1. The molecule has 0 aliphatic heterocycles. The summed E-state index contributed by atoms with van der Waals surface area (Å²) in [5.41, 5.74) is 5.19. The third-order valence-electron chi connectivity index (χ3n) is 2.11. The van der Waals surface area contributed by atoms with Crippen molar-refractivity contribution in [3.63, 3.8) is 0 Å². The van der Waals surface area contributed by atoms with Gasteiger partial charge in [-0.15, -0.1) is 0 Å². The first-order valence-electron chi connectivity index (χ1n) is 5.87. The summed E-state index contributed by atoms with van der Waals surface area (Å²) in [6, 6.07) is 0. The Kier molecular flexibility index (Phi) is 7.34. The molecule has 0 aromatic rings. The minimum absolute atomic E-state index is 0.0711. The van der Waals surface area contributed by atoms with Crippen molar-refractivity contribution >= 4 is 5.97 Å². The summed E-state index contributed by atoms with van der Waals surface area (Å²) in [4.78, 5) is 11.5. The van der Waals surface area contributed by atoms with Gasteiger partial charge in [-0.3, -0.25) is 4.79 Å². The molecule has 4 nitrogen and oxygen atoms in total. The molecule has 0 aliphatic carbocycles. The first-order chi connectivity index (χ1) is 7.37. The molecular formula is C12H25NO3. The third-order valence-corrected chi connectivity index (χ3v) is 2.11. The number of carbonyl (C=O) groups excluding carboxylic acids is 1. The molecule has 1 atom stereocenters. The molecule has 0 amide bonds. The SMILES string of the molecule is CC(CCCN)C(=O)OCCOC(C)(C)C. The summed E-state index contributed by atoms with van der Waals surface area (Å²) in [7, 11) is 0. The molecular weight excluding hydrogens is 206 g/mol. The fourth-order valence-corrected chi connectivity index (χ4v) is 1.17. The minimum atomic E-state index is -0.183. The van der Waals surface area contributed by atoms with Crippen LogP contribution in [0.4, 0.5) is 0 Å². The van der Waals surface area contributed by atoms with E-state index in [1.807, 2.05) is 27.7 Å². The molecule has 0 rings (SSSR count). The lowest BCUT2D eigenvalue weighted by Gasteiger charge is -2.19. The first kappa shape index (κ1) is 15.4. The Morgan fingerprint density at radius 1 is 1.31 bits per heavy atom. The van der Waals surface area contributed by atoms with Gasteiger partial charge in [0.05, 0.1) is 18.1 Å². The normalized spacial score (nSPS) is 13.6. The van der Waals surface area contributed by atoms with E-state index in [4.69, 9.17) is 15.2 Å². The van der Waals surface area contributed by atoms with E-state index in [0.717, 1.165) is 12.8 Å². The molecule has 0 heterocycles. The van der Waals surface area contributed by atoms with E-state index >= 15 is 0 Å². The predicted molar refractivity (Wildman–Crippen MR) is 64.1 cm³/mol. The van der Waals surface area contributed by atoms with Crippen molar-refractivity contribution < 1.29 is 14.3 Å². The molecule has 0 saturated heterocycles. The molecule has 1 unspecified atom stereocenters. The summed E-state index contributed by atoms with van der Waals surface area (Å²) < 4.78 is 10.5. The topological polar surface area (TPSA) is 61.6 Å². The third kappa shape index (κ3) is 8.68. The van der Waals surface area contributed by atoms with E-state index in [-0.39, 0.29) is 17.5 Å². The predicted octanol–water partition coefficient (Wildman–Crippen LogP) is 1.72. The van der Waals surface area contributed by atoms with Gasteiger partial charge in [0.1, 0.15) is 6.61 Å². The van der Waals surface area contributed by atoms with Crippen LogP contribution in [0.5, 0.6) is 0 Å². The molecule has 0 spiro atoms. The Balaban J connectivity index is 3.57. The summed E-state index contributed by atoms with van der Waals surface area (Å²) >= 11 is 0. The van der Waals surface area contributed by atoms with Gasteiger partial charge in [0.15, 0.2) is 0 Å². The minimum Gasteiger partial charge on any atom is -0.463 e. The quantitative estimate of drug-likeness (QED) is 0.535. The number of hydrogen-bond donors (Lipinski definition) is 1. The van der Waals surface area contributed by atoms with Crippen LogP contribution in [-0.4, -0.2) is 31.3 Å². The van der Waals surface area contributed by atoms with E-state index in [0.29, 0.717) is 19.8 Å². The van der Waals surface area contributed by atoms with Gasteiger partial charge in [-0.05, 0) is 40.2 Å². The molecule has 0 bridgehead atoms. The standard InChI is InChI=1S/C12H25NO3/c1-10(6-5-7-13)11(14)15-8-9-16-12(2,3)4/h10H,5-9,13H2,1-4H3. The molecule has 96 valence electrons. The van der Waals surface area contributed by atoms with Gasteiger partial charge in [0, 0.05) is 0 Å². The van der Waals surface area contributed by atoms with E-state index in [1.54, 1.807) is 0 Å². The molecule has 0 fully saturated rings. The number of esters is 1. The average Bonchev–Trinajstić information content (AvgIpc) is 2.19. The van der Waals surface area contributed by atoms with Crippen LogP contribution in [-0.2, 0) is 14.3 Å². The molecule has 0 saturated carbocycles. The first-order valence-corrected chi connectivity index (χ1v) is 5.87. The number of carbonyl (C=O) groups is 1. The monoisotopic (exact) mass is 231 g/mol. The van der Waals surface area contributed by atoms with Gasteiger partial charge in [-0.25, -0.2) is 0 Å². The Morgan fingerprint density at radius 3 is 2.44 bits per heavy atom. The van der Waals surface area contributed by atoms with Gasteiger partial charge in [0.2, 0.25) is 0 Å². The second-order valence-electron chi connectivity index (χ2n) is 4.96. The average molecular weight is 231 g/mol. The van der Waals surface area contributed by atoms with E-state index in [2.05, 4.69) is 0 Å². The van der Waals surface area contributed by atoms with Crippen molar-refractivity contribution in [2.45, 2.75) is 46.1 Å². The number of ether oxygens (including phenoxy) is 2. The summed E-state index contributed by atoms with van der Waals surface area (Å²) in [6.45, 7) is 9.16. The van der Waals surface area contributed by atoms with Crippen molar-refractivity contribution in [2.24, 2.45) is 11.7 Å². The van der Waals surface area contributed by atoms with Gasteiger partial charge in [-0.2, -0.15) is 0 Å². The molecule has 0 aromatic carbocycles. The van der Waals surface area contributed by atoms with Crippen LogP contribution >= 0.6 is 0 Å². The maximum Gasteiger partial charge on any atom is 0.308 e. The fraction of sp³-hybridized carbons (Fsp3) is 0.917. The largest absolute Gasteiger partial charge is 0.463 e. The van der Waals surface area contributed by atoms with Gasteiger partial charge >= 0.3 is 5.97 Å². The van der Waals surface area contributed by atoms with Crippen LogP contribution in [0.15, 0.2) is 0 Å². The van der Waals surface area contributed by atoms with Crippen molar-refractivity contribution in [3.05, 3.63) is 0 Å². The summed E-state index contributed by atoms with van der Waals surface area (Å²) in [5, 5.41) is 0. The highest BCUT2D eigenvalue weighted by Crippen LogP contribution is 2.08. The zero-order chi connectivity index (χ0) is 12.6. The zero-order valence-corrected chi connectivity index (χ0v) is 10.9. The van der Waals surface area contributed by atoms with E-state index in [9.17, 15) is 4.79 Å². The van der Waals surface area contributed by atoms with Gasteiger partial charge < -0.3 is 15.2 Å². The van der Waals surface area contributed by atoms with Gasteiger partial charge in [-0.1, -0.05) is 6.92 Å². The van der Waals surface area contributed by atoms with Crippen molar-refractivity contribution in [2.75, 3.05) is 19.8 Å².